The number of aryl methyl sites for hydroxylation is 1. The Kier molecular flexibility index (Phi) is 6.37. The Hall–Kier alpha value is -2.57. The van der Waals surface area contributed by atoms with Gasteiger partial charge in [-0.1, -0.05) is 19.1 Å². The quantitative estimate of drug-likeness (QED) is 0.715. The first-order valence-electron chi connectivity index (χ1n) is 6.91. The molecule has 0 aliphatic rings. The molecule has 1 rings (SSSR count). The third-order valence-electron chi connectivity index (χ3n) is 3.03. The number of aromatic hydroxyl groups is 1. The van der Waals surface area contributed by atoms with E-state index in [1.165, 1.54) is 6.07 Å². The second-order valence-electron chi connectivity index (χ2n) is 4.88. The summed E-state index contributed by atoms with van der Waals surface area (Å²) < 4.78 is 4.77. The van der Waals surface area contributed by atoms with Crippen molar-refractivity contribution in [3.05, 3.63) is 29.3 Å². The molecule has 0 radical (unpaired) electrons. The van der Waals surface area contributed by atoms with Gasteiger partial charge in [-0.25, -0.2) is 9.59 Å². The molecule has 0 bridgehead atoms. The van der Waals surface area contributed by atoms with Gasteiger partial charge in [-0.15, -0.1) is 0 Å². The van der Waals surface area contributed by atoms with Crippen LogP contribution in [0.4, 0.5) is 4.79 Å². The lowest BCUT2D eigenvalue weighted by Crippen LogP contribution is -2.44. The van der Waals surface area contributed by atoms with E-state index in [1.807, 2.05) is 12.2 Å². The van der Waals surface area contributed by atoms with Crippen molar-refractivity contribution < 1.29 is 24.2 Å². The summed E-state index contributed by atoms with van der Waals surface area (Å²) in [6.45, 7) is 4.71. The summed E-state index contributed by atoms with van der Waals surface area (Å²) in [6, 6.07) is 3.90. The molecule has 0 heterocycles. The fourth-order valence-electron chi connectivity index (χ4n) is 1.56. The second-order valence-corrected chi connectivity index (χ2v) is 4.88. The highest BCUT2D eigenvalue weighted by Gasteiger charge is 2.16. The zero-order chi connectivity index (χ0) is 16.7. The molecular weight excluding hydrogens is 288 g/mol. The van der Waals surface area contributed by atoms with Crippen LogP contribution in [0.5, 0.6) is 5.75 Å². The molecule has 0 saturated heterocycles. The van der Waals surface area contributed by atoms with Crippen LogP contribution in [0.1, 0.15) is 36.2 Å². The first-order valence-corrected chi connectivity index (χ1v) is 6.91. The molecule has 1 aromatic carbocycles. The normalized spacial score (nSPS) is 11.4. The molecule has 120 valence electrons. The minimum atomic E-state index is -0.835. The van der Waals surface area contributed by atoms with E-state index in [2.05, 4.69) is 5.32 Å². The Morgan fingerprint density at radius 1 is 1.32 bits per heavy atom. The zero-order valence-corrected chi connectivity index (χ0v) is 12.8. The van der Waals surface area contributed by atoms with Crippen LogP contribution in [0.2, 0.25) is 0 Å². The Morgan fingerprint density at radius 3 is 2.64 bits per heavy atom. The van der Waals surface area contributed by atoms with Crippen molar-refractivity contribution in [1.29, 1.82) is 0 Å². The van der Waals surface area contributed by atoms with Crippen molar-refractivity contribution >= 4 is 17.9 Å². The number of phenolic OH excluding ortho intramolecular Hbond substituents is 1. The molecule has 0 spiro atoms. The maximum absolute atomic E-state index is 11.8. The molecule has 0 unspecified atom stereocenters. The fourth-order valence-corrected chi connectivity index (χ4v) is 1.56. The van der Waals surface area contributed by atoms with Gasteiger partial charge < -0.3 is 15.2 Å². The monoisotopic (exact) mass is 308 g/mol. The van der Waals surface area contributed by atoms with E-state index in [9.17, 15) is 19.5 Å². The number of amides is 3. The lowest BCUT2D eigenvalue weighted by Gasteiger charge is -2.12. The number of imide groups is 1. The maximum atomic E-state index is 11.8. The third kappa shape index (κ3) is 5.08. The number of nitrogens with one attached hydrogen (secondary N) is 2. The van der Waals surface area contributed by atoms with E-state index >= 15 is 0 Å². The zero-order valence-electron chi connectivity index (χ0n) is 12.8. The second kappa shape index (κ2) is 8.02. The predicted octanol–water partition coefficient (Wildman–Crippen LogP) is 1.48. The van der Waals surface area contributed by atoms with Crippen molar-refractivity contribution in [3.63, 3.8) is 0 Å². The van der Waals surface area contributed by atoms with Gasteiger partial charge >= 0.3 is 12.0 Å². The number of hydrogen-bond acceptors (Lipinski definition) is 5. The van der Waals surface area contributed by atoms with E-state index < -0.39 is 24.5 Å². The first-order chi connectivity index (χ1) is 10.3. The Bertz CT molecular complexity index is 571. The van der Waals surface area contributed by atoms with E-state index in [0.717, 1.165) is 6.42 Å². The third-order valence-corrected chi connectivity index (χ3v) is 3.03. The lowest BCUT2D eigenvalue weighted by atomic mass is 10.1. The van der Waals surface area contributed by atoms with Crippen LogP contribution in [0, 0.1) is 6.92 Å². The minimum absolute atomic E-state index is 0.0307. The molecule has 1 aromatic rings. The van der Waals surface area contributed by atoms with Crippen molar-refractivity contribution in [2.75, 3.05) is 6.61 Å². The van der Waals surface area contributed by atoms with Gasteiger partial charge in [0.1, 0.15) is 11.3 Å². The SMILES string of the molecule is CC[C@H](C)NC(=O)NC(=O)COC(=O)c1cccc(C)c1O. The average Bonchev–Trinajstić information content (AvgIpc) is 2.47. The number of carbonyl (C=O) groups is 3. The summed E-state index contributed by atoms with van der Waals surface area (Å²) in [5.41, 5.74) is 0.490. The average molecular weight is 308 g/mol. The molecule has 3 amide bonds. The number of esters is 1. The van der Waals surface area contributed by atoms with E-state index in [0.29, 0.717) is 5.56 Å². The first kappa shape index (κ1) is 17.5. The summed E-state index contributed by atoms with van der Waals surface area (Å²) in [7, 11) is 0. The summed E-state index contributed by atoms with van der Waals surface area (Å²) in [4.78, 5) is 34.7. The largest absolute Gasteiger partial charge is 0.507 e. The standard InChI is InChI=1S/C15H20N2O5/c1-4-10(3)16-15(21)17-12(18)8-22-14(20)11-7-5-6-9(2)13(11)19/h5-7,10,19H,4,8H2,1-3H3,(H2,16,17,18,21)/t10-/m0/s1. The molecule has 0 aromatic heterocycles. The highest BCUT2D eigenvalue weighted by atomic mass is 16.5. The number of para-hydroxylation sites is 1. The Balaban J connectivity index is 2.49. The van der Waals surface area contributed by atoms with Crippen molar-refractivity contribution in [2.45, 2.75) is 33.2 Å². The number of rotatable bonds is 5. The highest BCUT2D eigenvalue weighted by Crippen LogP contribution is 2.21. The smallest absolute Gasteiger partial charge is 0.342 e. The number of hydrogen-bond donors (Lipinski definition) is 3. The predicted molar refractivity (Wildman–Crippen MR) is 79.6 cm³/mol. The van der Waals surface area contributed by atoms with Crippen molar-refractivity contribution in [2.24, 2.45) is 0 Å². The molecule has 22 heavy (non-hydrogen) atoms. The van der Waals surface area contributed by atoms with E-state index in [4.69, 9.17) is 4.74 Å². The topological polar surface area (TPSA) is 105 Å². The van der Waals surface area contributed by atoms with Gasteiger partial charge in [0, 0.05) is 6.04 Å². The lowest BCUT2D eigenvalue weighted by molar-refractivity contribution is -0.123. The highest BCUT2D eigenvalue weighted by molar-refractivity contribution is 5.97. The van der Waals surface area contributed by atoms with Crippen molar-refractivity contribution in [1.82, 2.24) is 10.6 Å². The minimum Gasteiger partial charge on any atom is -0.507 e. The van der Waals surface area contributed by atoms with Gasteiger partial charge in [0.05, 0.1) is 0 Å². The molecule has 1 atom stereocenters. The van der Waals surface area contributed by atoms with Gasteiger partial charge in [0.25, 0.3) is 5.91 Å². The number of benzene rings is 1. The number of ether oxygens (including phenoxy) is 1. The van der Waals surface area contributed by atoms with Gasteiger partial charge in [-0.05, 0) is 31.9 Å². The van der Waals surface area contributed by atoms with Crippen LogP contribution in [-0.2, 0) is 9.53 Å². The van der Waals surface area contributed by atoms with Gasteiger partial charge in [0.15, 0.2) is 6.61 Å². The number of carbonyl (C=O) groups excluding carboxylic acids is 3. The molecule has 0 aliphatic heterocycles. The Morgan fingerprint density at radius 2 is 2.00 bits per heavy atom. The Labute approximate surface area is 128 Å². The van der Waals surface area contributed by atoms with Crippen LogP contribution in [-0.4, -0.2) is 35.7 Å². The summed E-state index contributed by atoms with van der Waals surface area (Å²) in [6.07, 6.45) is 0.725. The number of phenols is 1. The summed E-state index contributed by atoms with van der Waals surface area (Å²) in [5.74, 6) is -1.78. The molecule has 0 fully saturated rings. The van der Waals surface area contributed by atoms with Crippen molar-refractivity contribution in [3.8, 4) is 5.75 Å². The van der Waals surface area contributed by atoms with E-state index in [-0.39, 0.29) is 17.4 Å². The fraction of sp³-hybridized carbons (Fsp3) is 0.400. The molecular formula is C15H20N2O5. The van der Waals surface area contributed by atoms with Crippen LogP contribution in [0.3, 0.4) is 0 Å². The molecule has 7 nitrogen and oxygen atoms in total. The van der Waals surface area contributed by atoms with Crippen LogP contribution in [0.25, 0.3) is 0 Å². The molecule has 0 saturated carbocycles. The maximum Gasteiger partial charge on any atom is 0.342 e. The van der Waals surface area contributed by atoms with E-state index in [1.54, 1.807) is 26.0 Å². The molecule has 3 N–H and O–H groups in total. The van der Waals surface area contributed by atoms with Gasteiger partial charge in [0.2, 0.25) is 0 Å². The van der Waals surface area contributed by atoms with Crippen LogP contribution >= 0.6 is 0 Å². The van der Waals surface area contributed by atoms with Crippen LogP contribution in [0.15, 0.2) is 18.2 Å². The summed E-state index contributed by atoms with van der Waals surface area (Å²) in [5, 5.41) is 14.3. The number of urea groups is 1. The molecule has 0 aliphatic carbocycles. The summed E-state index contributed by atoms with van der Waals surface area (Å²) >= 11 is 0. The molecule has 7 heteroatoms. The van der Waals surface area contributed by atoms with Gasteiger partial charge in [-0.3, -0.25) is 10.1 Å². The van der Waals surface area contributed by atoms with Crippen LogP contribution < -0.4 is 10.6 Å². The van der Waals surface area contributed by atoms with Gasteiger partial charge in [-0.2, -0.15) is 0 Å².